The largest absolute Gasteiger partial charge is 0.273 e. The Bertz CT molecular complexity index is 1140. The van der Waals surface area contributed by atoms with E-state index in [4.69, 9.17) is 0 Å². The highest BCUT2D eigenvalue weighted by Gasteiger charge is 2.41. The summed E-state index contributed by atoms with van der Waals surface area (Å²) in [5.41, 5.74) is 1.32. The number of carbonyl (C=O) groups excluding carboxylic acids is 2. The molecule has 3 aromatic rings. The number of halogens is 2. The van der Waals surface area contributed by atoms with Gasteiger partial charge in [0, 0.05) is 11.0 Å². The van der Waals surface area contributed by atoms with E-state index in [1.54, 1.807) is 12.1 Å². The smallest absolute Gasteiger partial charge is 0.268 e. The molecule has 1 aliphatic rings. The van der Waals surface area contributed by atoms with Gasteiger partial charge < -0.3 is 0 Å². The fraction of sp³-hybridized carbons (Fsp3) is 0.0435. The highest BCUT2D eigenvalue weighted by atomic mass is 32.2. The van der Waals surface area contributed by atoms with E-state index in [9.17, 15) is 18.4 Å². The Labute approximate surface area is 170 Å². The van der Waals surface area contributed by atoms with Crippen molar-refractivity contribution in [3.8, 4) is 0 Å². The fourth-order valence-electron chi connectivity index (χ4n) is 3.06. The molecule has 3 aromatic carbocycles. The molecule has 0 fully saturated rings. The third-order valence-electron chi connectivity index (χ3n) is 4.49. The summed E-state index contributed by atoms with van der Waals surface area (Å²) in [5, 5.41) is 0. The van der Waals surface area contributed by atoms with E-state index in [1.165, 1.54) is 0 Å². The van der Waals surface area contributed by atoms with Gasteiger partial charge in [0.05, 0.1) is 16.2 Å². The molecule has 0 bridgehead atoms. The van der Waals surface area contributed by atoms with Crippen LogP contribution in [0.3, 0.4) is 0 Å². The Morgan fingerprint density at radius 3 is 2.21 bits per heavy atom. The molecule has 0 radical (unpaired) electrons. The maximum absolute atomic E-state index is 14.4. The number of carbonyl (C=O) groups is 2. The minimum absolute atomic E-state index is 0.174. The number of rotatable bonds is 4. The van der Waals surface area contributed by atoms with Gasteiger partial charge in [-0.3, -0.25) is 9.59 Å². The van der Waals surface area contributed by atoms with Crippen molar-refractivity contribution in [1.82, 2.24) is 0 Å². The Kier molecular flexibility index (Phi) is 5.03. The Balaban J connectivity index is 1.85. The van der Waals surface area contributed by atoms with Gasteiger partial charge in [0.2, 0.25) is 0 Å². The second-order valence-corrected chi connectivity index (χ2v) is 7.61. The number of hydrogen-bond donors (Lipinski definition) is 0. The zero-order valence-corrected chi connectivity index (χ0v) is 16.2. The number of imide groups is 1. The number of aryl methyl sites for hydroxylation is 1. The number of amides is 2. The SMILES string of the molecule is Cc1ccc(C2=C(Sc3ccccc3)C(=O)N(c3cc(F)ccc3F)C2=O)cc1. The third kappa shape index (κ3) is 3.59. The molecule has 0 atom stereocenters. The number of benzene rings is 3. The van der Waals surface area contributed by atoms with E-state index in [1.807, 2.05) is 49.4 Å². The van der Waals surface area contributed by atoms with Crippen molar-refractivity contribution < 1.29 is 18.4 Å². The summed E-state index contributed by atoms with van der Waals surface area (Å²) in [7, 11) is 0. The first kappa shape index (κ1) is 19.1. The highest BCUT2D eigenvalue weighted by molar-refractivity contribution is 8.04. The van der Waals surface area contributed by atoms with Crippen LogP contribution in [0.4, 0.5) is 14.5 Å². The molecule has 6 heteroatoms. The molecule has 2 amide bonds. The van der Waals surface area contributed by atoms with Crippen LogP contribution in [0.5, 0.6) is 0 Å². The van der Waals surface area contributed by atoms with Crippen molar-refractivity contribution in [2.45, 2.75) is 11.8 Å². The quantitative estimate of drug-likeness (QED) is 0.547. The fourth-order valence-corrected chi connectivity index (χ4v) is 4.08. The molecule has 29 heavy (non-hydrogen) atoms. The Hall–Kier alpha value is -3.25. The zero-order valence-electron chi connectivity index (χ0n) is 15.4. The molecule has 0 unspecified atom stereocenters. The van der Waals surface area contributed by atoms with Crippen molar-refractivity contribution >= 4 is 34.8 Å². The summed E-state index contributed by atoms with van der Waals surface area (Å²) in [4.78, 5) is 28.0. The lowest BCUT2D eigenvalue weighted by molar-refractivity contribution is -0.119. The molecule has 0 saturated heterocycles. The number of hydrogen-bond acceptors (Lipinski definition) is 3. The van der Waals surface area contributed by atoms with Crippen molar-refractivity contribution in [1.29, 1.82) is 0 Å². The maximum atomic E-state index is 14.4. The van der Waals surface area contributed by atoms with Crippen LogP contribution < -0.4 is 4.90 Å². The van der Waals surface area contributed by atoms with Gasteiger partial charge in [0.1, 0.15) is 11.6 Å². The summed E-state index contributed by atoms with van der Waals surface area (Å²) in [5.74, 6) is -2.93. The molecule has 0 saturated carbocycles. The van der Waals surface area contributed by atoms with Gasteiger partial charge in [0.15, 0.2) is 0 Å². The molecule has 0 spiro atoms. The predicted octanol–water partition coefficient (Wildman–Crippen LogP) is 5.35. The number of thioether (sulfide) groups is 1. The molecular weight excluding hydrogens is 392 g/mol. The minimum Gasteiger partial charge on any atom is -0.268 e. The van der Waals surface area contributed by atoms with Crippen molar-refractivity contribution in [3.05, 3.63) is 100 Å². The van der Waals surface area contributed by atoms with Gasteiger partial charge in [0.25, 0.3) is 11.8 Å². The van der Waals surface area contributed by atoms with Crippen molar-refractivity contribution in [2.75, 3.05) is 4.90 Å². The summed E-state index contributed by atoms with van der Waals surface area (Å²) in [6.07, 6.45) is 0. The lowest BCUT2D eigenvalue weighted by atomic mass is 10.0. The van der Waals surface area contributed by atoms with E-state index >= 15 is 0 Å². The molecule has 0 N–H and O–H groups in total. The molecule has 4 rings (SSSR count). The van der Waals surface area contributed by atoms with Gasteiger partial charge in [-0.2, -0.15) is 0 Å². The van der Waals surface area contributed by atoms with Crippen LogP contribution in [0, 0.1) is 18.6 Å². The van der Waals surface area contributed by atoms with E-state index in [-0.39, 0.29) is 10.5 Å². The molecule has 0 aromatic heterocycles. The molecular formula is C23H15F2NO2S. The second-order valence-electron chi connectivity index (χ2n) is 6.53. The van der Waals surface area contributed by atoms with E-state index in [2.05, 4.69) is 0 Å². The first-order chi connectivity index (χ1) is 14.0. The van der Waals surface area contributed by atoms with Gasteiger partial charge in [-0.25, -0.2) is 13.7 Å². The zero-order chi connectivity index (χ0) is 20.5. The Morgan fingerprint density at radius 1 is 0.828 bits per heavy atom. The van der Waals surface area contributed by atoms with Gasteiger partial charge in [-0.1, -0.05) is 59.8 Å². The van der Waals surface area contributed by atoms with Gasteiger partial charge in [-0.15, -0.1) is 0 Å². The lowest BCUT2D eigenvalue weighted by Gasteiger charge is -2.16. The van der Waals surface area contributed by atoms with Crippen LogP contribution in [0.25, 0.3) is 5.57 Å². The minimum atomic E-state index is -0.845. The Morgan fingerprint density at radius 2 is 1.52 bits per heavy atom. The molecule has 3 nitrogen and oxygen atoms in total. The van der Waals surface area contributed by atoms with E-state index < -0.39 is 29.1 Å². The van der Waals surface area contributed by atoms with Crippen molar-refractivity contribution in [2.24, 2.45) is 0 Å². The monoisotopic (exact) mass is 407 g/mol. The van der Waals surface area contributed by atoms with E-state index in [0.717, 1.165) is 40.4 Å². The highest BCUT2D eigenvalue weighted by Crippen LogP contribution is 2.42. The standard InChI is InChI=1S/C23H15F2NO2S/c1-14-7-9-15(10-8-14)20-21(29-17-5-3-2-4-6-17)23(28)26(22(20)27)19-13-16(24)11-12-18(19)25/h2-13H,1H3. The second kappa shape index (κ2) is 7.64. The average molecular weight is 407 g/mol. The van der Waals surface area contributed by atoms with Crippen molar-refractivity contribution in [3.63, 3.8) is 0 Å². The molecule has 144 valence electrons. The first-order valence-corrected chi connectivity index (χ1v) is 9.65. The summed E-state index contributed by atoms with van der Waals surface area (Å²) < 4.78 is 28.1. The van der Waals surface area contributed by atoms with Crippen LogP contribution in [0.15, 0.2) is 82.6 Å². The average Bonchev–Trinajstić information content (AvgIpc) is 2.95. The maximum Gasteiger partial charge on any atom is 0.273 e. The third-order valence-corrected chi connectivity index (χ3v) is 5.58. The van der Waals surface area contributed by atoms with Gasteiger partial charge in [-0.05, 0) is 36.8 Å². The van der Waals surface area contributed by atoms with Crippen LogP contribution in [0.1, 0.15) is 11.1 Å². The first-order valence-electron chi connectivity index (χ1n) is 8.84. The van der Waals surface area contributed by atoms with Crippen LogP contribution in [0.2, 0.25) is 0 Å². The molecule has 0 aliphatic carbocycles. The number of anilines is 1. The normalized spacial score (nSPS) is 14.1. The topological polar surface area (TPSA) is 37.4 Å². The van der Waals surface area contributed by atoms with Gasteiger partial charge >= 0.3 is 0 Å². The molecule has 1 aliphatic heterocycles. The van der Waals surface area contributed by atoms with Crippen LogP contribution in [-0.2, 0) is 9.59 Å². The van der Waals surface area contributed by atoms with Crippen LogP contribution in [-0.4, -0.2) is 11.8 Å². The summed E-state index contributed by atoms with van der Waals surface area (Å²) in [6.45, 7) is 1.91. The lowest BCUT2D eigenvalue weighted by Crippen LogP contribution is -2.32. The summed E-state index contributed by atoms with van der Waals surface area (Å²) >= 11 is 1.13. The predicted molar refractivity (Wildman–Crippen MR) is 109 cm³/mol. The summed E-state index contributed by atoms with van der Waals surface area (Å²) in [6, 6.07) is 19.0. The molecule has 1 heterocycles. The van der Waals surface area contributed by atoms with E-state index in [0.29, 0.717) is 10.5 Å². The van der Waals surface area contributed by atoms with Crippen LogP contribution >= 0.6 is 11.8 Å². The number of nitrogens with zero attached hydrogens (tertiary/aromatic N) is 1.